The molecule has 0 aliphatic carbocycles. The fourth-order valence-corrected chi connectivity index (χ4v) is 2.85. The summed E-state index contributed by atoms with van der Waals surface area (Å²) in [4.78, 5) is 11.4. The molecular formula is C18H25N5. The smallest absolute Gasteiger partial charge is 0.224 e. The van der Waals surface area contributed by atoms with Crippen LogP contribution in [-0.4, -0.2) is 36.1 Å². The van der Waals surface area contributed by atoms with E-state index in [1.807, 2.05) is 30.5 Å². The Morgan fingerprint density at radius 3 is 2.39 bits per heavy atom. The van der Waals surface area contributed by atoms with Crippen LogP contribution in [0.1, 0.15) is 25.7 Å². The maximum Gasteiger partial charge on any atom is 0.224 e. The third-order valence-electron chi connectivity index (χ3n) is 4.08. The Labute approximate surface area is 138 Å². The van der Waals surface area contributed by atoms with E-state index in [1.165, 1.54) is 25.7 Å². The fourth-order valence-electron chi connectivity index (χ4n) is 2.85. The van der Waals surface area contributed by atoms with Gasteiger partial charge in [-0.2, -0.15) is 4.98 Å². The molecule has 23 heavy (non-hydrogen) atoms. The molecular weight excluding hydrogens is 286 g/mol. The van der Waals surface area contributed by atoms with Crippen molar-refractivity contribution in [2.75, 3.05) is 41.7 Å². The Morgan fingerprint density at radius 1 is 0.870 bits per heavy atom. The average Bonchev–Trinajstić information content (AvgIpc) is 2.89. The van der Waals surface area contributed by atoms with Gasteiger partial charge in [-0.05, 0) is 31.0 Å². The molecule has 1 aromatic carbocycles. The molecule has 0 unspecified atom stereocenters. The molecule has 5 heteroatoms. The highest BCUT2D eigenvalue weighted by Crippen LogP contribution is 2.17. The molecule has 0 radical (unpaired) electrons. The molecule has 1 aliphatic rings. The highest BCUT2D eigenvalue weighted by molar-refractivity contribution is 5.44. The largest absolute Gasteiger partial charge is 0.383 e. The Morgan fingerprint density at radius 2 is 1.61 bits per heavy atom. The minimum atomic E-state index is 0.710. The van der Waals surface area contributed by atoms with Crippen LogP contribution < -0.4 is 15.5 Å². The van der Waals surface area contributed by atoms with E-state index in [9.17, 15) is 0 Å². The number of nitrogens with zero attached hydrogens (tertiary/aromatic N) is 3. The predicted molar refractivity (Wildman–Crippen MR) is 96.1 cm³/mol. The zero-order valence-corrected chi connectivity index (χ0v) is 13.5. The second kappa shape index (κ2) is 8.36. The Hall–Kier alpha value is -2.30. The van der Waals surface area contributed by atoms with Gasteiger partial charge in [0, 0.05) is 38.1 Å². The normalized spacial score (nSPS) is 15.0. The van der Waals surface area contributed by atoms with Gasteiger partial charge in [0.25, 0.3) is 0 Å². The van der Waals surface area contributed by atoms with Crippen LogP contribution in [0.3, 0.4) is 0 Å². The third-order valence-corrected chi connectivity index (χ3v) is 4.08. The predicted octanol–water partition coefficient (Wildman–Crippen LogP) is 3.38. The molecule has 0 bridgehead atoms. The zero-order chi connectivity index (χ0) is 15.7. The molecule has 2 heterocycles. The van der Waals surface area contributed by atoms with E-state index < -0.39 is 0 Å². The number of hydrogen-bond acceptors (Lipinski definition) is 5. The molecule has 1 saturated heterocycles. The molecule has 3 rings (SSSR count). The van der Waals surface area contributed by atoms with E-state index in [4.69, 9.17) is 0 Å². The summed E-state index contributed by atoms with van der Waals surface area (Å²) < 4.78 is 0. The Kier molecular flexibility index (Phi) is 5.67. The number of aromatic nitrogens is 2. The molecule has 0 saturated carbocycles. The van der Waals surface area contributed by atoms with Gasteiger partial charge in [0.2, 0.25) is 5.95 Å². The lowest BCUT2D eigenvalue weighted by Gasteiger charge is -2.21. The van der Waals surface area contributed by atoms with Crippen molar-refractivity contribution in [3.63, 3.8) is 0 Å². The molecule has 2 N–H and O–H groups in total. The number of hydrogen-bond donors (Lipinski definition) is 2. The van der Waals surface area contributed by atoms with E-state index in [1.54, 1.807) is 0 Å². The minimum Gasteiger partial charge on any atom is -0.383 e. The number of benzene rings is 1. The van der Waals surface area contributed by atoms with Crippen LogP contribution in [0.5, 0.6) is 0 Å². The standard InChI is InChI=1S/C18H25N5/c1-2-7-15-23(14-6-1)17-10-11-20-18(22-17)21-13-12-19-16-8-4-3-5-9-16/h3-5,8-11,19H,1-2,6-7,12-15H2,(H,20,21,22). The summed E-state index contributed by atoms with van der Waals surface area (Å²) in [5.74, 6) is 1.75. The summed E-state index contributed by atoms with van der Waals surface area (Å²) in [7, 11) is 0. The van der Waals surface area contributed by atoms with Crippen LogP contribution in [0.25, 0.3) is 0 Å². The van der Waals surface area contributed by atoms with Crippen molar-refractivity contribution in [3.8, 4) is 0 Å². The van der Waals surface area contributed by atoms with Crippen molar-refractivity contribution in [1.82, 2.24) is 9.97 Å². The Balaban J connectivity index is 1.49. The molecule has 0 amide bonds. The number of rotatable bonds is 6. The Bertz CT molecular complexity index is 579. The van der Waals surface area contributed by atoms with E-state index in [2.05, 4.69) is 37.6 Å². The molecule has 2 aromatic rings. The third kappa shape index (κ3) is 4.84. The quantitative estimate of drug-likeness (QED) is 0.801. The van der Waals surface area contributed by atoms with Crippen molar-refractivity contribution in [2.24, 2.45) is 0 Å². The molecule has 0 atom stereocenters. The first-order valence-electron chi connectivity index (χ1n) is 8.52. The first-order chi connectivity index (χ1) is 11.4. The first-order valence-corrected chi connectivity index (χ1v) is 8.52. The molecule has 1 aromatic heterocycles. The molecule has 1 fully saturated rings. The number of para-hydroxylation sites is 1. The van der Waals surface area contributed by atoms with Gasteiger partial charge in [0.05, 0.1) is 0 Å². The van der Waals surface area contributed by atoms with Crippen LogP contribution in [0.15, 0.2) is 42.6 Å². The summed E-state index contributed by atoms with van der Waals surface area (Å²) in [6.45, 7) is 3.83. The number of anilines is 3. The summed E-state index contributed by atoms with van der Waals surface area (Å²) in [5, 5.41) is 6.67. The van der Waals surface area contributed by atoms with Gasteiger partial charge < -0.3 is 15.5 Å². The van der Waals surface area contributed by atoms with E-state index in [0.717, 1.165) is 37.7 Å². The lowest BCUT2D eigenvalue weighted by atomic mass is 10.2. The van der Waals surface area contributed by atoms with Crippen LogP contribution in [0.4, 0.5) is 17.5 Å². The van der Waals surface area contributed by atoms with Gasteiger partial charge in [0.15, 0.2) is 0 Å². The maximum absolute atomic E-state index is 4.66. The molecule has 1 aliphatic heterocycles. The van der Waals surface area contributed by atoms with Crippen LogP contribution in [0, 0.1) is 0 Å². The van der Waals surface area contributed by atoms with Gasteiger partial charge in [-0.25, -0.2) is 4.98 Å². The van der Waals surface area contributed by atoms with E-state index in [-0.39, 0.29) is 0 Å². The first kappa shape index (κ1) is 15.6. The monoisotopic (exact) mass is 311 g/mol. The molecule has 5 nitrogen and oxygen atoms in total. The van der Waals surface area contributed by atoms with Crippen LogP contribution >= 0.6 is 0 Å². The summed E-state index contributed by atoms with van der Waals surface area (Å²) >= 11 is 0. The topological polar surface area (TPSA) is 53.1 Å². The van der Waals surface area contributed by atoms with Gasteiger partial charge >= 0.3 is 0 Å². The van der Waals surface area contributed by atoms with Crippen molar-refractivity contribution in [3.05, 3.63) is 42.6 Å². The molecule has 122 valence electrons. The SMILES string of the molecule is c1ccc(NCCNc2nccc(N3CCCCCC3)n2)cc1. The maximum atomic E-state index is 4.66. The lowest BCUT2D eigenvalue weighted by molar-refractivity contribution is 0.726. The summed E-state index contributed by atoms with van der Waals surface area (Å²) in [6.07, 6.45) is 7.03. The van der Waals surface area contributed by atoms with Gasteiger partial charge in [0.1, 0.15) is 5.82 Å². The van der Waals surface area contributed by atoms with Crippen molar-refractivity contribution >= 4 is 17.5 Å². The highest BCUT2D eigenvalue weighted by Gasteiger charge is 2.11. The fraction of sp³-hybridized carbons (Fsp3) is 0.444. The van der Waals surface area contributed by atoms with Crippen molar-refractivity contribution in [1.29, 1.82) is 0 Å². The van der Waals surface area contributed by atoms with Gasteiger partial charge in [-0.1, -0.05) is 31.0 Å². The zero-order valence-electron chi connectivity index (χ0n) is 13.5. The van der Waals surface area contributed by atoms with E-state index >= 15 is 0 Å². The van der Waals surface area contributed by atoms with Crippen molar-refractivity contribution in [2.45, 2.75) is 25.7 Å². The second-order valence-corrected chi connectivity index (χ2v) is 5.86. The van der Waals surface area contributed by atoms with Gasteiger partial charge in [-0.15, -0.1) is 0 Å². The van der Waals surface area contributed by atoms with Crippen molar-refractivity contribution < 1.29 is 0 Å². The van der Waals surface area contributed by atoms with E-state index in [0.29, 0.717) is 5.95 Å². The highest BCUT2D eigenvalue weighted by atomic mass is 15.2. The van der Waals surface area contributed by atoms with Crippen LogP contribution in [-0.2, 0) is 0 Å². The summed E-state index contributed by atoms with van der Waals surface area (Å²) in [6, 6.07) is 12.2. The lowest BCUT2D eigenvalue weighted by Crippen LogP contribution is -2.25. The number of nitrogens with one attached hydrogen (secondary N) is 2. The second-order valence-electron chi connectivity index (χ2n) is 5.86. The average molecular weight is 311 g/mol. The summed E-state index contributed by atoms with van der Waals surface area (Å²) in [5.41, 5.74) is 1.13. The molecule has 0 spiro atoms. The van der Waals surface area contributed by atoms with Gasteiger partial charge in [-0.3, -0.25) is 0 Å². The minimum absolute atomic E-state index is 0.710. The van der Waals surface area contributed by atoms with Crippen LogP contribution in [0.2, 0.25) is 0 Å².